The minimum atomic E-state index is -0.115. The molecule has 3 nitrogen and oxygen atoms in total. The minimum absolute atomic E-state index is 0.0646. The van der Waals surface area contributed by atoms with E-state index in [0.717, 1.165) is 30.9 Å². The van der Waals surface area contributed by atoms with Gasteiger partial charge in [-0.3, -0.25) is 9.59 Å². The second-order valence-corrected chi connectivity index (χ2v) is 13.5. The van der Waals surface area contributed by atoms with Gasteiger partial charge in [0.2, 0.25) is 0 Å². The van der Waals surface area contributed by atoms with E-state index in [1.807, 2.05) is 78.9 Å². The van der Waals surface area contributed by atoms with Crippen molar-refractivity contribution in [3.05, 3.63) is 149 Å². The molecule has 0 saturated carbocycles. The smallest absolute Gasteiger partial charge is 0.195 e. The third-order valence-electron chi connectivity index (χ3n) is 7.24. The van der Waals surface area contributed by atoms with E-state index in [-0.39, 0.29) is 17.0 Å². The Kier molecular flexibility index (Phi) is 7.80. The lowest BCUT2D eigenvalue weighted by molar-refractivity contribution is 0.0974. The molecule has 5 heteroatoms. The lowest BCUT2D eigenvalue weighted by atomic mass is 9.84. The van der Waals surface area contributed by atoms with Crippen molar-refractivity contribution in [1.29, 1.82) is 0 Å². The second kappa shape index (κ2) is 11.7. The van der Waals surface area contributed by atoms with Gasteiger partial charge in [-0.2, -0.15) is 0 Å². The predicted octanol–water partition coefficient (Wildman–Crippen LogP) is 9.64. The lowest BCUT2D eigenvalue weighted by Crippen LogP contribution is -2.22. The van der Waals surface area contributed by atoms with Gasteiger partial charge in [-0.1, -0.05) is 111 Å². The quantitative estimate of drug-likeness (QED) is 0.186. The van der Waals surface area contributed by atoms with Gasteiger partial charge >= 0.3 is 0 Å². The Morgan fingerprint density at radius 3 is 1.57 bits per heavy atom. The first-order chi connectivity index (χ1) is 20.3. The maximum Gasteiger partial charge on any atom is 0.195 e. The largest absolute Gasteiger partial charge is 0.489 e. The molecular weight excluding hydrogens is 557 g/mol. The molecule has 42 heavy (non-hydrogen) atoms. The molecule has 0 spiro atoms. The van der Waals surface area contributed by atoms with Crippen LogP contribution in [0.3, 0.4) is 0 Å². The molecule has 0 aliphatic heterocycles. The summed E-state index contributed by atoms with van der Waals surface area (Å²) in [5.74, 6) is 0.550. The summed E-state index contributed by atoms with van der Waals surface area (Å²) in [7, 11) is 0. The van der Waals surface area contributed by atoms with E-state index < -0.39 is 0 Å². The van der Waals surface area contributed by atoms with Gasteiger partial charge in [-0.25, -0.2) is 0 Å². The van der Waals surface area contributed by atoms with Gasteiger partial charge in [0.1, 0.15) is 12.4 Å². The average Bonchev–Trinajstić information content (AvgIpc) is 3.00. The standard InChI is InChI=1S/C37H30O3S2/c1-37(2,3)25-15-19-27(20-16-25)41-31-13-7-11-29-33(31)35(38)30-12-8-14-32(34(30)36(29)39)42-28-21-17-26(18-22-28)40-23-24-9-5-4-6-10-24/h4-22H,23H2,1-3H3. The van der Waals surface area contributed by atoms with Crippen molar-refractivity contribution in [3.8, 4) is 5.75 Å². The number of carbonyl (C=O) groups is 2. The number of ether oxygens (including phenoxy) is 1. The predicted molar refractivity (Wildman–Crippen MR) is 170 cm³/mol. The fourth-order valence-electron chi connectivity index (χ4n) is 4.97. The van der Waals surface area contributed by atoms with E-state index in [2.05, 4.69) is 45.0 Å². The first kappa shape index (κ1) is 28.1. The van der Waals surface area contributed by atoms with Crippen LogP contribution in [0.25, 0.3) is 0 Å². The van der Waals surface area contributed by atoms with Gasteiger partial charge in [0.15, 0.2) is 11.6 Å². The molecule has 6 rings (SSSR count). The molecule has 0 unspecified atom stereocenters. The summed E-state index contributed by atoms with van der Waals surface area (Å²) in [4.78, 5) is 31.4. The van der Waals surface area contributed by atoms with Crippen LogP contribution in [-0.4, -0.2) is 11.6 Å². The molecule has 208 valence electrons. The highest BCUT2D eigenvalue weighted by molar-refractivity contribution is 7.99. The van der Waals surface area contributed by atoms with E-state index in [1.54, 1.807) is 12.1 Å². The second-order valence-electron chi connectivity index (χ2n) is 11.2. The number of carbonyl (C=O) groups excluding carboxylic acids is 2. The Bertz CT molecular complexity index is 1770. The topological polar surface area (TPSA) is 43.4 Å². The highest BCUT2D eigenvalue weighted by Crippen LogP contribution is 2.41. The Morgan fingerprint density at radius 2 is 1.07 bits per heavy atom. The summed E-state index contributed by atoms with van der Waals surface area (Å²) >= 11 is 3.00. The van der Waals surface area contributed by atoms with Crippen LogP contribution in [0.2, 0.25) is 0 Å². The van der Waals surface area contributed by atoms with Crippen molar-refractivity contribution in [2.75, 3.05) is 0 Å². The SMILES string of the molecule is CC(C)(C)c1ccc(Sc2cccc3c2C(=O)c2cccc(Sc4ccc(OCc5ccccc5)cc4)c2C3=O)cc1. The van der Waals surface area contributed by atoms with E-state index in [1.165, 1.54) is 29.1 Å². The van der Waals surface area contributed by atoms with Crippen molar-refractivity contribution in [2.45, 2.75) is 52.4 Å². The van der Waals surface area contributed by atoms with Crippen LogP contribution >= 0.6 is 23.5 Å². The molecule has 1 aliphatic rings. The molecule has 0 aromatic heterocycles. The molecule has 5 aromatic rings. The number of hydrogen-bond donors (Lipinski definition) is 0. The monoisotopic (exact) mass is 586 g/mol. The third-order valence-corrected chi connectivity index (χ3v) is 9.38. The molecule has 0 amide bonds. The van der Waals surface area contributed by atoms with E-state index >= 15 is 0 Å². The van der Waals surface area contributed by atoms with Gasteiger partial charge in [0, 0.05) is 41.8 Å². The number of hydrogen-bond acceptors (Lipinski definition) is 5. The Morgan fingerprint density at radius 1 is 0.571 bits per heavy atom. The first-order valence-corrected chi connectivity index (χ1v) is 15.5. The highest BCUT2D eigenvalue weighted by Gasteiger charge is 2.33. The molecule has 0 fully saturated rings. The van der Waals surface area contributed by atoms with Crippen LogP contribution in [0.15, 0.2) is 135 Å². The maximum absolute atomic E-state index is 13.9. The minimum Gasteiger partial charge on any atom is -0.489 e. The van der Waals surface area contributed by atoms with Gasteiger partial charge < -0.3 is 4.74 Å². The number of rotatable bonds is 7. The summed E-state index contributed by atoms with van der Waals surface area (Å²) in [6.45, 7) is 7.06. The van der Waals surface area contributed by atoms with Crippen LogP contribution < -0.4 is 4.74 Å². The fourth-order valence-corrected chi connectivity index (χ4v) is 6.93. The molecule has 0 atom stereocenters. The zero-order chi connectivity index (χ0) is 29.3. The molecule has 5 aromatic carbocycles. The molecule has 0 bridgehead atoms. The highest BCUT2D eigenvalue weighted by atomic mass is 32.2. The van der Waals surface area contributed by atoms with Gasteiger partial charge in [-0.05, 0) is 65.1 Å². The summed E-state index contributed by atoms with van der Waals surface area (Å²) in [5.41, 5.74) is 4.30. The third kappa shape index (κ3) is 5.80. The van der Waals surface area contributed by atoms with E-state index in [4.69, 9.17) is 4.74 Å². The van der Waals surface area contributed by atoms with E-state index in [9.17, 15) is 9.59 Å². The molecule has 0 saturated heterocycles. The van der Waals surface area contributed by atoms with Crippen molar-refractivity contribution >= 4 is 35.1 Å². The normalized spacial score (nSPS) is 12.5. The van der Waals surface area contributed by atoms with Gasteiger partial charge in [-0.15, -0.1) is 0 Å². The summed E-state index contributed by atoms with van der Waals surface area (Å²) in [6, 6.07) is 37.4. The van der Waals surface area contributed by atoms with Crippen LogP contribution in [0, 0.1) is 0 Å². The molecule has 1 aliphatic carbocycles. The average molecular weight is 587 g/mol. The number of ketones is 2. The fraction of sp³-hybridized carbons (Fsp3) is 0.135. The maximum atomic E-state index is 13.9. The first-order valence-electron chi connectivity index (χ1n) is 13.9. The number of benzene rings is 5. The van der Waals surface area contributed by atoms with Crippen molar-refractivity contribution in [3.63, 3.8) is 0 Å². The van der Waals surface area contributed by atoms with Crippen LogP contribution in [0.5, 0.6) is 5.75 Å². The zero-order valence-electron chi connectivity index (χ0n) is 23.7. The number of fused-ring (bicyclic) bond motifs is 2. The van der Waals surface area contributed by atoms with Crippen LogP contribution in [-0.2, 0) is 12.0 Å². The Balaban J connectivity index is 1.24. The zero-order valence-corrected chi connectivity index (χ0v) is 25.4. The van der Waals surface area contributed by atoms with Gasteiger partial charge in [0.05, 0.1) is 0 Å². The van der Waals surface area contributed by atoms with Crippen molar-refractivity contribution in [2.24, 2.45) is 0 Å². The molecular formula is C37H30O3S2. The van der Waals surface area contributed by atoms with Crippen LogP contribution in [0.4, 0.5) is 0 Å². The Hall–Kier alpha value is -4.06. The molecule has 0 radical (unpaired) electrons. The van der Waals surface area contributed by atoms with E-state index in [0.29, 0.717) is 28.9 Å². The van der Waals surface area contributed by atoms with Gasteiger partial charge in [0.25, 0.3) is 0 Å². The van der Waals surface area contributed by atoms with Crippen molar-refractivity contribution in [1.82, 2.24) is 0 Å². The summed E-state index contributed by atoms with van der Waals surface area (Å²) in [6.07, 6.45) is 0. The molecule has 0 heterocycles. The van der Waals surface area contributed by atoms with Crippen LogP contribution in [0.1, 0.15) is 63.7 Å². The summed E-state index contributed by atoms with van der Waals surface area (Å²) < 4.78 is 5.92. The lowest BCUT2D eigenvalue weighted by Gasteiger charge is -2.22. The molecule has 0 N–H and O–H groups in total. The van der Waals surface area contributed by atoms with Crippen molar-refractivity contribution < 1.29 is 14.3 Å². The summed E-state index contributed by atoms with van der Waals surface area (Å²) in [5, 5.41) is 0. The Labute approximate surface area is 255 Å².